The van der Waals surface area contributed by atoms with Gasteiger partial charge >= 0.3 is 0 Å². The molecule has 2 heterocycles. The van der Waals surface area contributed by atoms with Crippen LogP contribution in [0.3, 0.4) is 0 Å². The molecule has 142 valence electrons. The van der Waals surface area contributed by atoms with Gasteiger partial charge in [-0.15, -0.1) is 0 Å². The van der Waals surface area contributed by atoms with E-state index in [2.05, 4.69) is 10.00 Å². The number of aryl methyl sites for hydroxylation is 1. The van der Waals surface area contributed by atoms with Crippen LogP contribution in [0.25, 0.3) is 0 Å². The van der Waals surface area contributed by atoms with Crippen molar-refractivity contribution in [1.29, 1.82) is 0 Å². The Bertz CT molecular complexity index is 890. The number of hydrogen-bond donors (Lipinski definition) is 0. The summed E-state index contributed by atoms with van der Waals surface area (Å²) in [6, 6.07) is 2.68. The molecule has 0 bridgehead atoms. The maximum Gasteiger partial charge on any atom is 0.243 e. The van der Waals surface area contributed by atoms with E-state index in [-0.39, 0.29) is 4.90 Å². The molecular formula is C17H22F2N4O2S. The van der Waals surface area contributed by atoms with Crippen LogP contribution in [0.5, 0.6) is 0 Å². The molecule has 3 rings (SSSR count). The predicted molar refractivity (Wildman–Crippen MR) is 93.0 cm³/mol. The van der Waals surface area contributed by atoms with Crippen LogP contribution in [-0.4, -0.2) is 53.6 Å². The Morgan fingerprint density at radius 1 is 1.12 bits per heavy atom. The molecule has 0 amide bonds. The molecule has 1 fully saturated rings. The molecule has 0 atom stereocenters. The van der Waals surface area contributed by atoms with Gasteiger partial charge in [0.25, 0.3) is 0 Å². The lowest BCUT2D eigenvalue weighted by molar-refractivity contribution is 0.181. The molecule has 26 heavy (non-hydrogen) atoms. The zero-order valence-electron chi connectivity index (χ0n) is 14.8. The highest BCUT2D eigenvalue weighted by Gasteiger charge is 2.29. The highest BCUT2D eigenvalue weighted by Crippen LogP contribution is 2.21. The lowest BCUT2D eigenvalue weighted by Gasteiger charge is -2.33. The number of benzene rings is 1. The minimum Gasteiger partial charge on any atom is -0.296 e. The summed E-state index contributed by atoms with van der Waals surface area (Å²) in [6.45, 7) is 7.34. The average Bonchev–Trinajstić information content (AvgIpc) is 2.97. The van der Waals surface area contributed by atoms with Gasteiger partial charge in [0.05, 0.1) is 11.1 Å². The Kier molecular flexibility index (Phi) is 5.40. The monoisotopic (exact) mass is 384 g/mol. The molecule has 0 radical (unpaired) electrons. The fraction of sp³-hybridized carbons (Fsp3) is 0.471. The van der Waals surface area contributed by atoms with E-state index in [1.54, 1.807) is 0 Å². The number of nitrogens with zero attached hydrogens (tertiary/aromatic N) is 4. The van der Waals surface area contributed by atoms with Gasteiger partial charge in [0.15, 0.2) is 11.6 Å². The fourth-order valence-corrected chi connectivity index (χ4v) is 4.55. The summed E-state index contributed by atoms with van der Waals surface area (Å²) in [4.78, 5) is 1.95. The van der Waals surface area contributed by atoms with Crippen LogP contribution in [0.1, 0.15) is 18.2 Å². The Labute approximate surface area is 152 Å². The van der Waals surface area contributed by atoms with E-state index >= 15 is 0 Å². The van der Waals surface area contributed by atoms with Gasteiger partial charge in [0, 0.05) is 50.5 Å². The maximum absolute atomic E-state index is 13.4. The molecule has 0 aliphatic carbocycles. The first-order valence-corrected chi connectivity index (χ1v) is 9.95. The number of sulfonamides is 1. The minimum atomic E-state index is -3.82. The first kappa shape index (κ1) is 18.9. The van der Waals surface area contributed by atoms with Crippen LogP contribution >= 0.6 is 0 Å². The Balaban J connectivity index is 1.65. The van der Waals surface area contributed by atoms with E-state index < -0.39 is 21.7 Å². The largest absolute Gasteiger partial charge is 0.296 e. The van der Waals surface area contributed by atoms with Crippen molar-refractivity contribution in [2.75, 3.05) is 26.2 Å². The van der Waals surface area contributed by atoms with Gasteiger partial charge in [-0.2, -0.15) is 9.40 Å². The van der Waals surface area contributed by atoms with Gasteiger partial charge in [-0.25, -0.2) is 17.2 Å². The van der Waals surface area contributed by atoms with Crippen LogP contribution in [0.2, 0.25) is 0 Å². The van der Waals surface area contributed by atoms with Gasteiger partial charge in [-0.1, -0.05) is 0 Å². The van der Waals surface area contributed by atoms with E-state index in [0.717, 1.165) is 36.0 Å². The van der Waals surface area contributed by atoms with Crippen LogP contribution in [0, 0.1) is 18.6 Å². The van der Waals surface area contributed by atoms with Crippen molar-refractivity contribution in [3.05, 3.63) is 47.3 Å². The Hall–Kier alpha value is -1.84. The molecule has 1 aliphatic rings. The molecule has 9 heteroatoms. The van der Waals surface area contributed by atoms with E-state index in [0.29, 0.717) is 32.7 Å². The van der Waals surface area contributed by atoms with Crippen LogP contribution in [0.4, 0.5) is 8.78 Å². The summed E-state index contributed by atoms with van der Waals surface area (Å²) in [5.74, 6) is -2.22. The van der Waals surface area contributed by atoms with Crippen molar-refractivity contribution in [2.24, 2.45) is 0 Å². The zero-order chi connectivity index (χ0) is 18.9. The number of halogens is 2. The smallest absolute Gasteiger partial charge is 0.243 e. The van der Waals surface area contributed by atoms with E-state index in [1.807, 2.05) is 24.7 Å². The highest BCUT2D eigenvalue weighted by atomic mass is 32.2. The number of aromatic nitrogens is 2. The van der Waals surface area contributed by atoms with Gasteiger partial charge in [0.1, 0.15) is 0 Å². The molecular weight excluding hydrogens is 362 g/mol. The molecule has 1 aromatic heterocycles. The summed E-state index contributed by atoms with van der Waals surface area (Å²) >= 11 is 0. The Morgan fingerprint density at radius 3 is 2.38 bits per heavy atom. The molecule has 0 N–H and O–H groups in total. The molecule has 1 aliphatic heterocycles. The standard InChI is InChI=1S/C17H22F2N4O2S/c1-3-23-13(2)14(11-20-23)12-21-6-8-22(9-7-21)26(24,25)15-4-5-16(18)17(19)10-15/h4-5,10-11H,3,6-9,12H2,1-2H3. The number of piperazine rings is 1. The lowest BCUT2D eigenvalue weighted by atomic mass is 10.2. The third-order valence-corrected chi connectivity index (χ3v) is 6.65. The third kappa shape index (κ3) is 3.65. The molecule has 0 saturated carbocycles. The first-order chi connectivity index (χ1) is 12.3. The van der Waals surface area contributed by atoms with Crippen molar-refractivity contribution >= 4 is 10.0 Å². The van der Waals surface area contributed by atoms with E-state index in [9.17, 15) is 17.2 Å². The summed E-state index contributed by atoms with van der Waals surface area (Å²) in [7, 11) is -3.82. The third-order valence-electron chi connectivity index (χ3n) is 4.76. The SMILES string of the molecule is CCn1ncc(CN2CCN(S(=O)(=O)c3ccc(F)c(F)c3)CC2)c1C. The maximum atomic E-state index is 13.4. The van der Waals surface area contributed by atoms with Crippen LogP contribution < -0.4 is 0 Å². The second-order valence-electron chi connectivity index (χ2n) is 6.33. The van der Waals surface area contributed by atoms with Gasteiger partial charge < -0.3 is 0 Å². The topological polar surface area (TPSA) is 58.4 Å². The molecule has 0 spiro atoms. The first-order valence-electron chi connectivity index (χ1n) is 8.51. The summed E-state index contributed by atoms with van der Waals surface area (Å²) < 4.78 is 54.9. The van der Waals surface area contributed by atoms with Crippen LogP contribution in [-0.2, 0) is 23.1 Å². The number of rotatable bonds is 5. The zero-order valence-corrected chi connectivity index (χ0v) is 15.6. The van der Waals surface area contributed by atoms with Crippen molar-refractivity contribution in [2.45, 2.75) is 31.8 Å². The molecule has 0 unspecified atom stereocenters. The fourth-order valence-electron chi connectivity index (χ4n) is 3.11. The molecule has 6 nitrogen and oxygen atoms in total. The quantitative estimate of drug-likeness (QED) is 0.791. The van der Waals surface area contributed by atoms with Crippen molar-refractivity contribution in [3.63, 3.8) is 0 Å². The van der Waals surface area contributed by atoms with E-state index in [1.165, 1.54) is 4.31 Å². The van der Waals surface area contributed by atoms with Crippen molar-refractivity contribution in [1.82, 2.24) is 19.0 Å². The van der Waals surface area contributed by atoms with Crippen LogP contribution in [0.15, 0.2) is 29.3 Å². The summed E-state index contributed by atoms with van der Waals surface area (Å²) in [6.07, 6.45) is 1.85. The van der Waals surface area contributed by atoms with Gasteiger partial charge in [-0.05, 0) is 32.0 Å². The predicted octanol–water partition coefficient (Wildman–Crippen LogP) is 2.00. The average molecular weight is 384 g/mol. The Morgan fingerprint density at radius 2 is 1.81 bits per heavy atom. The molecule has 1 saturated heterocycles. The summed E-state index contributed by atoms with van der Waals surface area (Å²) in [5, 5.41) is 4.33. The van der Waals surface area contributed by atoms with Gasteiger partial charge in [-0.3, -0.25) is 9.58 Å². The molecule has 2 aromatic rings. The lowest BCUT2D eigenvalue weighted by Crippen LogP contribution is -2.48. The number of hydrogen-bond acceptors (Lipinski definition) is 4. The second kappa shape index (κ2) is 7.42. The second-order valence-corrected chi connectivity index (χ2v) is 8.27. The normalized spacial score (nSPS) is 16.9. The van der Waals surface area contributed by atoms with E-state index in [4.69, 9.17) is 0 Å². The highest BCUT2D eigenvalue weighted by molar-refractivity contribution is 7.89. The summed E-state index contributed by atoms with van der Waals surface area (Å²) in [5.41, 5.74) is 2.24. The van der Waals surface area contributed by atoms with Gasteiger partial charge in [0.2, 0.25) is 10.0 Å². The minimum absolute atomic E-state index is 0.218. The van der Waals surface area contributed by atoms with Crippen molar-refractivity contribution < 1.29 is 17.2 Å². The van der Waals surface area contributed by atoms with Crippen molar-refractivity contribution in [3.8, 4) is 0 Å². The molecule has 1 aromatic carbocycles.